The van der Waals surface area contributed by atoms with Gasteiger partial charge in [0.25, 0.3) is 5.69 Å². The number of hydrogen-bond acceptors (Lipinski definition) is 6. The maximum Gasteiger partial charge on any atom is 0.269 e. The molecule has 0 aliphatic carbocycles. The minimum Gasteiger partial charge on any atom is -0.497 e. The molecule has 1 heterocycles. The molecule has 1 aliphatic rings. The third-order valence-electron chi connectivity index (χ3n) is 4.64. The van der Waals surface area contributed by atoms with E-state index in [1.165, 1.54) is 12.1 Å². The van der Waals surface area contributed by atoms with Gasteiger partial charge in [0.05, 0.1) is 17.7 Å². The van der Waals surface area contributed by atoms with Gasteiger partial charge in [-0.15, -0.1) is 0 Å². The molecule has 7 nitrogen and oxygen atoms in total. The molecule has 0 amide bonds. The number of hydrazone groups is 1. The molecule has 0 atom stereocenters. The van der Waals surface area contributed by atoms with Gasteiger partial charge in [-0.1, -0.05) is 29.8 Å². The Morgan fingerprint density at radius 2 is 1.66 bits per heavy atom. The number of ether oxygens (including phenoxy) is 1. The fourth-order valence-electron chi connectivity index (χ4n) is 3.05. The van der Waals surface area contributed by atoms with Crippen molar-refractivity contribution in [1.29, 1.82) is 0 Å². The summed E-state index contributed by atoms with van der Waals surface area (Å²) in [6, 6.07) is 19.9. The molecule has 0 radical (unpaired) electrons. The molecule has 1 aliphatic heterocycles. The van der Waals surface area contributed by atoms with E-state index in [4.69, 9.17) is 9.73 Å². The monoisotopic (exact) mass is 386 g/mol. The number of non-ortho nitro benzene ring substituents is 1. The first-order valence-electron chi connectivity index (χ1n) is 8.98. The number of nitrogens with one attached hydrogen (secondary N) is 1. The summed E-state index contributed by atoms with van der Waals surface area (Å²) in [6.45, 7) is 2.03. The fraction of sp³-hybridized carbons (Fsp3) is 0.0909. The number of benzene rings is 3. The summed E-state index contributed by atoms with van der Waals surface area (Å²) in [5.74, 6) is 1.29. The van der Waals surface area contributed by atoms with Gasteiger partial charge in [-0.3, -0.25) is 15.5 Å². The number of nitro groups is 1. The van der Waals surface area contributed by atoms with Crippen molar-refractivity contribution >= 4 is 22.9 Å². The third-order valence-corrected chi connectivity index (χ3v) is 4.64. The van der Waals surface area contributed by atoms with Crippen LogP contribution in [0.2, 0.25) is 0 Å². The number of fused-ring (bicyclic) bond motifs is 1. The van der Waals surface area contributed by atoms with Gasteiger partial charge in [0.1, 0.15) is 11.5 Å². The van der Waals surface area contributed by atoms with Crippen LogP contribution in [-0.2, 0) is 0 Å². The van der Waals surface area contributed by atoms with E-state index in [9.17, 15) is 10.1 Å². The van der Waals surface area contributed by atoms with Crippen molar-refractivity contribution in [3.63, 3.8) is 0 Å². The van der Waals surface area contributed by atoms with Crippen molar-refractivity contribution in [1.82, 2.24) is 5.43 Å². The zero-order chi connectivity index (χ0) is 20.4. The molecule has 0 saturated heterocycles. The average molecular weight is 386 g/mol. The average Bonchev–Trinajstić information content (AvgIpc) is 2.93. The minimum atomic E-state index is -0.424. The number of aliphatic imine (C=N–C) groups is 1. The predicted molar refractivity (Wildman–Crippen MR) is 112 cm³/mol. The van der Waals surface area contributed by atoms with Gasteiger partial charge in [-0.2, -0.15) is 5.10 Å². The van der Waals surface area contributed by atoms with Gasteiger partial charge in [-0.05, 0) is 37.3 Å². The van der Waals surface area contributed by atoms with Crippen LogP contribution in [0.3, 0.4) is 0 Å². The highest BCUT2D eigenvalue weighted by Gasteiger charge is 2.19. The maximum absolute atomic E-state index is 11.0. The SMILES string of the molecule is COc1ccc2c(c1)C(c1ccc([N+](=O)[O-])cc1)=NNC(c1ccc(C)cc1)=N2. The van der Waals surface area contributed by atoms with E-state index < -0.39 is 4.92 Å². The van der Waals surface area contributed by atoms with Crippen LogP contribution in [0, 0.1) is 17.0 Å². The van der Waals surface area contributed by atoms with E-state index in [0.29, 0.717) is 17.3 Å². The predicted octanol–water partition coefficient (Wildman–Crippen LogP) is 4.35. The Bertz CT molecular complexity index is 1130. The van der Waals surface area contributed by atoms with Gasteiger partial charge >= 0.3 is 0 Å². The van der Waals surface area contributed by atoms with Gasteiger partial charge in [-0.25, -0.2) is 4.99 Å². The smallest absolute Gasteiger partial charge is 0.269 e. The highest BCUT2D eigenvalue weighted by molar-refractivity contribution is 6.18. The van der Waals surface area contributed by atoms with Gasteiger partial charge < -0.3 is 4.74 Å². The Kier molecular flexibility index (Phi) is 4.78. The van der Waals surface area contributed by atoms with E-state index in [1.54, 1.807) is 19.2 Å². The highest BCUT2D eigenvalue weighted by Crippen LogP contribution is 2.30. The fourth-order valence-corrected chi connectivity index (χ4v) is 3.05. The highest BCUT2D eigenvalue weighted by atomic mass is 16.6. The quantitative estimate of drug-likeness (QED) is 0.533. The summed E-state index contributed by atoms with van der Waals surface area (Å²) in [7, 11) is 1.60. The molecule has 0 unspecified atom stereocenters. The second-order valence-corrected chi connectivity index (χ2v) is 6.59. The van der Waals surface area contributed by atoms with Gasteiger partial charge in [0.15, 0.2) is 5.84 Å². The lowest BCUT2D eigenvalue weighted by molar-refractivity contribution is -0.384. The van der Waals surface area contributed by atoms with Crippen LogP contribution >= 0.6 is 0 Å². The Morgan fingerprint density at radius 3 is 2.31 bits per heavy atom. The molecule has 4 rings (SSSR count). The number of amidine groups is 1. The van der Waals surface area contributed by atoms with Gasteiger partial charge in [0.2, 0.25) is 0 Å². The molecule has 144 valence electrons. The van der Waals surface area contributed by atoms with Crippen LogP contribution < -0.4 is 10.2 Å². The van der Waals surface area contributed by atoms with Crippen LogP contribution in [0.5, 0.6) is 5.75 Å². The molecule has 3 aromatic rings. The lowest BCUT2D eigenvalue weighted by Crippen LogP contribution is -2.19. The minimum absolute atomic E-state index is 0.0263. The number of methoxy groups -OCH3 is 1. The molecule has 0 fully saturated rings. The first-order chi connectivity index (χ1) is 14.0. The lowest BCUT2D eigenvalue weighted by Gasteiger charge is -2.09. The molecular formula is C22H18N4O3. The number of aryl methyl sites for hydroxylation is 1. The van der Waals surface area contributed by atoms with Crippen molar-refractivity contribution < 1.29 is 9.66 Å². The summed E-state index contributed by atoms with van der Waals surface area (Å²) in [5.41, 5.74) is 8.00. The van der Waals surface area contributed by atoms with Crippen molar-refractivity contribution in [3.05, 3.63) is 99.1 Å². The number of nitrogens with zero attached hydrogens (tertiary/aromatic N) is 3. The maximum atomic E-state index is 11.0. The second-order valence-electron chi connectivity index (χ2n) is 6.59. The van der Waals surface area contributed by atoms with Crippen molar-refractivity contribution in [2.45, 2.75) is 6.92 Å². The first-order valence-corrected chi connectivity index (χ1v) is 8.98. The Balaban J connectivity index is 1.83. The van der Waals surface area contributed by atoms with Crippen LogP contribution in [0.25, 0.3) is 0 Å². The summed E-state index contributed by atoms with van der Waals surface area (Å²) >= 11 is 0. The molecule has 7 heteroatoms. The lowest BCUT2D eigenvalue weighted by atomic mass is 10.00. The largest absolute Gasteiger partial charge is 0.497 e. The molecule has 0 aromatic heterocycles. The summed E-state index contributed by atoms with van der Waals surface area (Å²) < 4.78 is 5.37. The molecule has 1 N–H and O–H groups in total. The Labute approximate surface area is 167 Å². The zero-order valence-electron chi connectivity index (χ0n) is 15.9. The van der Waals surface area contributed by atoms with Crippen molar-refractivity contribution in [2.24, 2.45) is 10.1 Å². The van der Waals surface area contributed by atoms with Crippen LogP contribution in [0.15, 0.2) is 76.8 Å². The zero-order valence-corrected chi connectivity index (χ0v) is 15.9. The van der Waals surface area contributed by atoms with E-state index in [0.717, 1.165) is 27.9 Å². The van der Waals surface area contributed by atoms with E-state index in [-0.39, 0.29) is 5.69 Å². The summed E-state index contributed by atoms with van der Waals surface area (Å²) in [4.78, 5) is 15.3. The van der Waals surface area contributed by atoms with Crippen LogP contribution in [0.1, 0.15) is 22.3 Å². The number of nitro benzene ring substituents is 1. The molecular weight excluding hydrogens is 368 g/mol. The summed E-state index contributed by atoms with van der Waals surface area (Å²) in [6.07, 6.45) is 0. The molecule has 0 saturated carbocycles. The first kappa shape index (κ1) is 18.4. The van der Waals surface area contributed by atoms with Crippen molar-refractivity contribution in [2.75, 3.05) is 7.11 Å². The van der Waals surface area contributed by atoms with Crippen molar-refractivity contribution in [3.8, 4) is 5.75 Å². The molecule has 0 bridgehead atoms. The topological polar surface area (TPSA) is 89.1 Å². The van der Waals surface area contributed by atoms with Crippen LogP contribution in [0.4, 0.5) is 11.4 Å². The molecule has 29 heavy (non-hydrogen) atoms. The molecule has 0 spiro atoms. The van der Waals surface area contributed by atoms with E-state index in [1.807, 2.05) is 49.4 Å². The Morgan fingerprint density at radius 1 is 0.966 bits per heavy atom. The van der Waals surface area contributed by atoms with E-state index in [2.05, 4.69) is 10.5 Å². The standard InChI is InChI=1S/C22H18N4O3/c1-14-3-5-16(6-4-14)22-23-20-12-11-18(29-2)13-19(20)21(24-25-22)15-7-9-17(10-8-15)26(27)28/h3-13H,1-2H3,(H,23,25). The van der Waals surface area contributed by atoms with E-state index >= 15 is 0 Å². The summed E-state index contributed by atoms with van der Waals surface area (Å²) in [5, 5.41) is 15.6. The number of rotatable bonds is 4. The second kappa shape index (κ2) is 7.55. The van der Waals surface area contributed by atoms with Crippen LogP contribution in [-0.4, -0.2) is 23.6 Å². The third kappa shape index (κ3) is 3.70. The normalized spacial score (nSPS) is 12.8. The number of hydrogen-bond donors (Lipinski definition) is 1. The Hall–Kier alpha value is -4.00. The molecule has 3 aromatic carbocycles. The van der Waals surface area contributed by atoms with Gasteiger partial charge in [0, 0.05) is 28.8 Å².